The third-order valence-corrected chi connectivity index (χ3v) is 4.17. The van der Waals surface area contributed by atoms with Crippen molar-refractivity contribution in [3.63, 3.8) is 0 Å². The fourth-order valence-electron chi connectivity index (χ4n) is 2.78. The Hall–Kier alpha value is -2.80. The van der Waals surface area contributed by atoms with Gasteiger partial charge in [0.2, 0.25) is 5.91 Å². The van der Waals surface area contributed by atoms with Crippen LogP contribution in [0.15, 0.2) is 48.5 Å². The Morgan fingerprint density at radius 2 is 1.92 bits per heavy atom. The van der Waals surface area contributed by atoms with Crippen molar-refractivity contribution in [2.45, 2.75) is 6.10 Å². The Labute approximate surface area is 149 Å². The van der Waals surface area contributed by atoms with Crippen molar-refractivity contribution in [3.05, 3.63) is 71.3 Å². The number of amides is 2. The Morgan fingerprint density at radius 1 is 1.15 bits per heavy atom. The van der Waals surface area contributed by atoms with E-state index in [1.54, 1.807) is 4.90 Å². The van der Waals surface area contributed by atoms with Gasteiger partial charge in [-0.15, -0.1) is 0 Å². The summed E-state index contributed by atoms with van der Waals surface area (Å²) in [6.07, 6.45) is -0.223. The van der Waals surface area contributed by atoms with Gasteiger partial charge < -0.3 is 15.0 Å². The molecule has 2 aromatic rings. The molecule has 0 spiro atoms. The van der Waals surface area contributed by atoms with E-state index in [1.807, 2.05) is 30.3 Å². The average Bonchev–Trinajstić information content (AvgIpc) is 2.66. The van der Waals surface area contributed by atoms with E-state index in [-0.39, 0.29) is 24.1 Å². The molecule has 0 radical (unpaired) electrons. The van der Waals surface area contributed by atoms with Gasteiger partial charge in [-0.1, -0.05) is 30.3 Å². The fourth-order valence-corrected chi connectivity index (χ4v) is 2.78. The number of rotatable bonds is 4. The van der Waals surface area contributed by atoms with Crippen LogP contribution in [0, 0.1) is 11.6 Å². The number of carbonyl (C=O) groups is 2. The summed E-state index contributed by atoms with van der Waals surface area (Å²) in [5, 5.41) is 2.38. The Morgan fingerprint density at radius 3 is 2.65 bits per heavy atom. The summed E-state index contributed by atoms with van der Waals surface area (Å²) in [6.45, 7) is 0.926. The van der Waals surface area contributed by atoms with Crippen molar-refractivity contribution in [2.24, 2.45) is 0 Å². The number of carbonyl (C=O) groups excluding carboxylic acids is 2. The first kappa shape index (κ1) is 18.0. The summed E-state index contributed by atoms with van der Waals surface area (Å²) < 4.78 is 32.2. The van der Waals surface area contributed by atoms with E-state index < -0.39 is 17.5 Å². The van der Waals surface area contributed by atoms with Crippen LogP contribution in [0.4, 0.5) is 8.78 Å². The number of hydrogen-bond acceptors (Lipinski definition) is 3. The van der Waals surface area contributed by atoms with Crippen LogP contribution in [0.2, 0.25) is 0 Å². The molecule has 1 fully saturated rings. The summed E-state index contributed by atoms with van der Waals surface area (Å²) in [5.41, 5.74) is 0.672. The third kappa shape index (κ3) is 4.23. The van der Waals surface area contributed by atoms with Crippen LogP contribution in [0.1, 0.15) is 22.0 Å². The zero-order chi connectivity index (χ0) is 18.5. The largest absolute Gasteiger partial charge is 0.370 e. The lowest BCUT2D eigenvalue weighted by atomic mass is 10.1. The van der Waals surface area contributed by atoms with E-state index in [2.05, 4.69) is 5.32 Å². The lowest BCUT2D eigenvalue weighted by molar-refractivity contribution is -0.137. The quantitative estimate of drug-likeness (QED) is 0.910. The van der Waals surface area contributed by atoms with E-state index in [4.69, 9.17) is 4.74 Å². The van der Waals surface area contributed by atoms with E-state index in [9.17, 15) is 18.4 Å². The average molecular weight is 360 g/mol. The monoisotopic (exact) mass is 360 g/mol. The molecular formula is C19H18F2N2O3. The lowest BCUT2D eigenvalue weighted by Gasteiger charge is -2.33. The molecule has 3 rings (SSSR count). The van der Waals surface area contributed by atoms with Gasteiger partial charge in [-0.3, -0.25) is 9.59 Å². The highest BCUT2D eigenvalue weighted by Gasteiger charge is 2.25. The Bertz CT molecular complexity index is 799. The number of hydrogen-bond donors (Lipinski definition) is 1. The zero-order valence-electron chi connectivity index (χ0n) is 14.0. The molecule has 2 amide bonds. The maximum atomic E-state index is 13.6. The number of nitrogens with one attached hydrogen (secondary N) is 1. The molecule has 1 aliphatic heterocycles. The molecular weight excluding hydrogens is 342 g/mol. The number of ether oxygens (including phenoxy) is 1. The van der Waals surface area contributed by atoms with Crippen molar-refractivity contribution < 1.29 is 23.1 Å². The topological polar surface area (TPSA) is 58.6 Å². The van der Waals surface area contributed by atoms with Gasteiger partial charge in [0.25, 0.3) is 5.91 Å². The molecule has 2 aromatic carbocycles. The molecule has 1 N–H and O–H groups in total. The van der Waals surface area contributed by atoms with E-state index in [0.717, 1.165) is 17.7 Å². The minimum atomic E-state index is -0.967. The van der Waals surface area contributed by atoms with E-state index in [0.29, 0.717) is 25.8 Å². The number of halogens is 2. The minimum Gasteiger partial charge on any atom is -0.370 e. The van der Waals surface area contributed by atoms with Gasteiger partial charge in [-0.05, 0) is 17.7 Å². The van der Waals surface area contributed by atoms with Crippen molar-refractivity contribution in [2.75, 3.05) is 26.2 Å². The standard InChI is InChI=1S/C19H18F2N2O3/c20-14-6-7-15(16(21)10-14)19(25)22-11-18(24)23-8-9-26-17(12-23)13-4-2-1-3-5-13/h1-7,10,17H,8-9,11-12H2,(H,22,25). The second-order valence-electron chi connectivity index (χ2n) is 5.92. The highest BCUT2D eigenvalue weighted by atomic mass is 19.1. The summed E-state index contributed by atoms with van der Waals surface area (Å²) >= 11 is 0. The summed E-state index contributed by atoms with van der Waals surface area (Å²) in [7, 11) is 0. The fraction of sp³-hybridized carbons (Fsp3) is 0.263. The van der Waals surface area contributed by atoms with Crippen molar-refractivity contribution in [1.29, 1.82) is 0 Å². The molecule has 0 aromatic heterocycles. The maximum Gasteiger partial charge on any atom is 0.254 e. The smallest absolute Gasteiger partial charge is 0.254 e. The van der Waals surface area contributed by atoms with Crippen LogP contribution in [-0.2, 0) is 9.53 Å². The summed E-state index contributed by atoms with van der Waals surface area (Å²) in [6, 6.07) is 12.2. The Balaban J connectivity index is 1.57. The molecule has 7 heteroatoms. The highest BCUT2D eigenvalue weighted by molar-refractivity contribution is 5.96. The van der Waals surface area contributed by atoms with Gasteiger partial charge in [-0.2, -0.15) is 0 Å². The van der Waals surface area contributed by atoms with Crippen molar-refractivity contribution >= 4 is 11.8 Å². The first-order valence-electron chi connectivity index (χ1n) is 8.22. The number of nitrogens with zero attached hydrogens (tertiary/aromatic N) is 1. The first-order chi connectivity index (χ1) is 12.5. The van der Waals surface area contributed by atoms with Gasteiger partial charge in [0.1, 0.15) is 17.7 Å². The van der Waals surface area contributed by atoms with Crippen LogP contribution in [0.5, 0.6) is 0 Å². The van der Waals surface area contributed by atoms with Gasteiger partial charge in [-0.25, -0.2) is 8.78 Å². The van der Waals surface area contributed by atoms with Crippen LogP contribution in [0.3, 0.4) is 0 Å². The molecule has 5 nitrogen and oxygen atoms in total. The van der Waals surface area contributed by atoms with E-state index >= 15 is 0 Å². The van der Waals surface area contributed by atoms with Crippen LogP contribution < -0.4 is 5.32 Å². The molecule has 136 valence electrons. The molecule has 0 bridgehead atoms. The van der Waals surface area contributed by atoms with Crippen LogP contribution >= 0.6 is 0 Å². The van der Waals surface area contributed by atoms with Gasteiger partial charge in [0.05, 0.1) is 25.3 Å². The molecule has 1 saturated heterocycles. The van der Waals surface area contributed by atoms with Crippen LogP contribution in [-0.4, -0.2) is 43.0 Å². The second kappa shape index (κ2) is 8.05. The van der Waals surface area contributed by atoms with Crippen molar-refractivity contribution in [1.82, 2.24) is 10.2 Å². The summed E-state index contributed by atoms with van der Waals surface area (Å²) in [4.78, 5) is 25.9. The second-order valence-corrected chi connectivity index (χ2v) is 5.92. The molecule has 0 saturated carbocycles. The molecule has 1 atom stereocenters. The van der Waals surface area contributed by atoms with E-state index in [1.165, 1.54) is 0 Å². The molecule has 1 heterocycles. The summed E-state index contributed by atoms with van der Waals surface area (Å²) in [5.74, 6) is -2.78. The molecule has 26 heavy (non-hydrogen) atoms. The lowest BCUT2D eigenvalue weighted by Crippen LogP contribution is -2.46. The van der Waals surface area contributed by atoms with Gasteiger partial charge >= 0.3 is 0 Å². The predicted molar refractivity (Wildman–Crippen MR) is 90.4 cm³/mol. The zero-order valence-corrected chi connectivity index (χ0v) is 14.0. The number of morpholine rings is 1. The predicted octanol–water partition coefficient (Wildman–Crippen LogP) is 2.29. The highest BCUT2D eigenvalue weighted by Crippen LogP contribution is 2.21. The normalized spacial score (nSPS) is 17.0. The first-order valence-corrected chi connectivity index (χ1v) is 8.22. The molecule has 0 aliphatic carbocycles. The van der Waals surface area contributed by atoms with Crippen molar-refractivity contribution in [3.8, 4) is 0 Å². The van der Waals surface area contributed by atoms with Crippen LogP contribution in [0.25, 0.3) is 0 Å². The maximum absolute atomic E-state index is 13.6. The Kier molecular flexibility index (Phi) is 5.58. The molecule has 1 aliphatic rings. The minimum absolute atomic E-state index is 0.223. The SMILES string of the molecule is O=C(NCC(=O)N1CCOC(c2ccccc2)C1)c1ccc(F)cc1F. The van der Waals surface area contributed by atoms with Gasteiger partial charge in [0.15, 0.2) is 0 Å². The van der Waals surface area contributed by atoms with Gasteiger partial charge in [0, 0.05) is 12.6 Å². The molecule has 1 unspecified atom stereocenters. The number of benzene rings is 2. The third-order valence-electron chi connectivity index (χ3n) is 4.17.